The lowest BCUT2D eigenvalue weighted by molar-refractivity contribution is 0.183. The van der Waals surface area contributed by atoms with Crippen LogP contribution >= 0.6 is 0 Å². The zero-order chi connectivity index (χ0) is 14.9. The van der Waals surface area contributed by atoms with Crippen molar-refractivity contribution in [2.75, 3.05) is 39.8 Å². The van der Waals surface area contributed by atoms with Crippen LogP contribution in [0.25, 0.3) is 0 Å². The van der Waals surface area contributed by atoms with Gasteiger partial charge in [0.2, 0.25) is 0 Å². The molecular formula is C16H29N5. The Kier molecular flexibility index (Phi) is 6.60. The molecule has 0 amide bonds. The summed E-state index contributed by atoms with van der Waals surface area (Å²) in [7, 11) is 1.84. The highest BCUT2D eigenvalue weighted by molar-refractivity contribution is 5.79. The summed E-state index contributed by atoms with van der Waals surface area (Å²) >= 11 is 0. The fraction of sp³-hybridized carbons (Fsp3) is 0.688. The van der Waals surface area contributed by atoms with Gasteiger partial charge in [0.05, 0.1) is 0 Å². The minimum Gasteiger partial charge on any atom is -0.356 e. The zero-order valence-electron chi connectivity index (χ0n) is 13.4. The molecule has 5 heteroatoms. The van der Waals surface area contributed by atoms with Crippen LogP contribution in [-0.2, 0) is 6.54 Å². The van der Waals surface area contributed by atoms with Gasteiger partial charge in [-0.3, -0.25) is 4.99 Å². The van der Waals surface area contributed by atoms with E-state index < -0.39 is 0 Å². The normalized spacial score (nSPS) is 20.5. The van der Waals surface area contributed by atoms with Crippen LogP contribution in [0, 0.1) is 5.92 Å². The molecule has 0 saturated carbocycles. The van der Waals surface area contributed by atoms with Crippen molar-refractivity contribution in [3.63, 3.8) is 0 Å². The highest BCUT2D eigenvalue weighted by atomic mass is 15.2. The zero-order valence-corrected chi connectivity index (χ0v) is 13.4. The standard InChI is InChI=1S/C16H29N5/c1-3-20-11-6-7-15(14-20)13-19-16(17-2)18-8-12-21-9-4-5-10-21/h4-5,9-10,15H,3,6-8,11-14H2,1-2H3,(H2,17,18,19). The third kappa shape index (κ3) is 5.42. The lowest BCUT2D eigenvalue weighted by Gasteiger charge is -2.32. The third-order valence-corrected chi connectivity index (χ3v) is 4.16. The van der Waals surface area contributed by atoms with Gasteiger partial charge in [-0.2, -0.15) is 0 Å². The van der Waals surface area contributed by atoms with Gasteiger partial charge in [-0.15, -0.1) is 0 Å². The second kappa shape index (κ2) is 8.72. The molecule has 1 aliphatic rings. The predicted octanol–water partition coefficient (Wildman–Crippen LogP) is 1.39. The quantitative estimate of drug-likeness (QED) is 0.615. The molecule has 2 N–H and O–H groups in total. The van der Waals surface area contributed by atoms with Crippen molar-refractivity contribution in [1.82, 2.24) is 20.1 Å². The third-order valence-electron chi connectivity index (χ3n) is 4.16. The first kappa shape index (κ1) is 15.9. The average molecular weight is 291 g/mol. The summed E-state index contributed by atoms with van der Waals surface area (Å²) in [5.74, 6) is 1.65. The summed E-state index contributed by atoms with van der Waals surface area (Å²) in [6, 6.07) is 4.10. The summed E-state index contributed by atoms with van der Waals surface area (Å²) in [5.41, 5.74) is 0. The summed E-state index contributed by atoms with van der Waals surface area (Å²) in [5, 5.41) is 6.84. The molecule has 1 saturated heterocycles. The summed E-state index contributed by atoms with van der Waals surface area (Å²) < 4.78 is 2.17. The van der Waals surface area contributed by atoms with Crippen LogP contribution in [0.1, 0.15) is 19.8 Å². The number of likely N-dealkylation sites (tertiary alicyclic amines) is 1. The van der Waals surface area contributed by atoms with E-state index in [1.165, 1.54) is 32.5 Å². The molecule has 1 fully saturated rings. The molecular weight excluding hydrogens is 262 g/mol. The first-order valence-electron chi connectivity index (χ1n) is 8.09. The first-order valence-corrected chi connectivity index (χ1v) is 8.09. The Morgan fingerprint density at radius 1 is 1.29 bits per heavy atom. The molecule has 118 valence electrons. The second-order valence-corrected chi connectivity index (χ2v) is 5.70. The smallest absolute Gasteiger partial charge is 0.191 e. The van der Waals surface area contributed by atoms with Gasteiger partial charge in [-0.05, 0) is 44.0 Å². The highest BCUT2D eigenvalue weighted by Crippen LogP contribution is 2.14. The number of nitrogens with one attached hydrogen (secondary N) is 2. The van der Waals surface area contributed by atoms with Crippen LogP contribution in [-0.4, -0.2) is 55.2 Å². The van der Waals surface area contributed by atoms with Crippen molar-refractivity contribution in [2.24, 2.45) is 10.9 Å². The number of hydrogen-bond acceptors (Lipinski definition) is 2. The lowest BCUT2D eigenvalue weighted by Crippen LogP contribution is -2.44. The molecule has 1 aromatic heterocycles. The van der Waals surface area contributed by atoms with Crippen LogP contribution in [0.5, 0.6) is 0 Å². The maximum atomic E-state index is 4.30. The Balaban J connectivity index is 1.65. The molecule has 0 radical (unpaired) electrons. The van der Waals surface area contributed by atoms with E-state index in [9.17, 15) is 0 Å². The van der Waals surface area contributed by atoms with Crippen molar-refractivity contribution in [2.45, 2.75) is 26.3 Å². The van der Waals surface area contributed by atoms with Crippen LogP contribution in [0.4, 0.5) is 0 Å². The minimum atomic E-state index is 0.738. The van der Waals surface area contributed by atoms with Crippen LogP contribution in [0.2, 0.25) is 0 Å². The van der Waals surface area contributed by atoms with Gasteiger partial charge in [-0.1, -0.05) is 6.92 Å². The molecule has 1 aliphatic heterocycles. The Bertz CT molecular complexity index is 412. The monoisotopic (exact) mass is 291 g/mol. The molecule has 0 aromatic carbocycles. The van der Waals surface area contributed by atoms with Crippen molar-refractivity contribution in [3.05, 3.63) is 24.5 Å². The topological polar surface area (TPSA) is 44.6 Å². The molecule has 1 atom stereocenters. The van der Waals surface area contributed by atoms with E-state index in [1.54, 1.807) is 0 Å². The summed E-state index contributed by atoms with van der Waals surface area (Å²) in [6.45, 7) is 8.75. The van der Waals surface area contributed by atoms with Crippen LogP contribution < -0.4 is 10.6 Å². The number of guanidine groups is 1. The number of piperidine rings is 1. The van der Waals surface area contributed by atoms with E-state index in [-0.39, 0.29) is 0 Å². The van der Waals surface area contributed by atoms with E-state index in [0.717, 1.165) is 31.5 Å². The maximum Gasteiger partial charge on any atom is 0.191 e. The Morgan fingerprint density at radius 3 is 2.81 bits per heavy atom. The largest absolute Gasteiger partial charge is 0.356 e. The van der Waals surface area contributed by atoms with E-state index in [1.807, 2.05) is 7.05 Å². The summed E-state index contributed by atoms with van der Waals surface area (Å²) in [6.07, 6.45) is 6.81. The van der Waals surface area contributed by atoms with Gasteiger partial charge >= 0.3 is 0 Å². The van der Waals surface area contributed by atoms with Crippen molar-refractivity contribution >= 4 is 5.96 Å². The Labute approximate surface area is 128 Å². The Hall–Kier alpha value is -1.49. The molecule has 0 bridgehead atoms. The maximum absolute atomic E-state index is 4.30. The number of hydrogen-bond donors (Lipinski definition) is 2. The first-order chi connectivity index (χ1) is 10.3. The van der Waals surface area contributed by atoms with Gasteiger partial charge in [0, 0.05) is 45.6 Å². The van der Waals surface area contributed by atoms with Crippen molar-refractivity contribution in [3.8, 4) is 0 Å². The predicted molar refractivity (Wildman–Crippen MR) is 88.6 cm³/mol. The SMILES string of the molecule is CCN1CCCC(CNC(=NC)NCCn2cccc2)C1. The van der Waals surface area contributed by atoms with Crippen LogP contribution in [0.15, 0.2) is 29.5 Å². The average Bonchev–Trinajstić information content (AvgIpc) is 3.04. The van der Waals surface area contributed by atoms with E-state index in [2.05, 4.69) is 56.5 Å². The van der Waals surface area contributed by atoms with E-state index in [4.69, 9.17) is 0 Å². The molecule has 1 aromatic rings. The van der Waals surface area contributed by atoms with Crippen molar-refractivity contribution < 1.29 is 0 Å². The highest BCUT2D eigenvalue weighted by Gasteiger charge is 2.18. The number of aliphatic imine (C=N–C) groups is 1. The second-order valence-electron chi connectivity index (χ2n) is 5.70. The fourth-order valence-electron chi connectivity index (χ4n) is 2.89. The number of rotatable bonds is 6. The van der Waals surface area contributed by atoms with E-state index in [0.29, 0.717) is 0 Å². The van der Waals surface area contributed by atoms with Gasteiger partial charge in [0.15, 0.2) is 5.96 Å². The van der Waals surface area contributed by atoms with Gasteiger partial charge in [0.25, 0.3) is 0 Å². The number of aromatic nitrogens is 1. The molecule has 0 aliphatic carbocycles. The van der Waals surface area contributed by atoms with Gasteiger partial charge in [0.1, 0.15) is 0 Å². The molecule has 1 unspecified atom stereocenters. The Morgan fingerprint density at radius 2 is 2.10 bits per heavy atom. The molecule has 21 heavy (non-hydrogen) atoms. The van der Waals surface area contributed by atoms with Crippen LogP contribution in [0.3, 0.4) is 0 Å². The molecule has 0 spiro atoms. The van der Waals surface area contributed by atoms with Gasteiger partial charge in [-0.25, -0.2) is 0 Å². The van der Waals surface area contributed by atoms with E-state index >= 15 is 0 Å². The molecule has 5 nitrogen and oxygen atoms in total. The van der Waals surface area contributed by atoms with Gasteiger partial charge < -0.3 is 20.1 Å². The number of nitrogens with zero attached hydrogens (tertiary/aromatic N) is 3. The molecule has 2 rings (SSSR count). The fourth-order valence-corrected chi connectivity index (χ4v) is 2.89. The minimum absolute atomic E-state index is 0.738. The molecule has 2 heterocycles. The summed E-state index contributed by atoms with van der Waals surface area (Å²) in [4.78, 5) is 6.84. The van der Waals surface area contributed by atoms with Crippen molar-refractivity contribution in [1.29, 1.82) is 0 Å². The lowest BCUT2D eigenvalue weighted by atomic mass is 9.98.